The highest BCUT2D eigenvalue weighted by Gasteiger charge is 2.34. The lowest BCUT2D eigenvalue weighted by atomic mass is 9.90. The van der Waals surface area contributed by atoms with E-state index < -0.39 is 0 Å². The van der Waals surface area contributed by atoms with Crippen LogP contribution in [0.3, 0.4) is 0 Å². The van der Waals surface area contributed by atoms with Gasteiger partial charge in [0.1, 0.15) is 0 Å². The molecule has 0 aromatic rings. The first-order chi connectivity index (χ1) is 5.56. The van der Waals surface area contributed by atoms with Gasteiger partial charge in [0, 0.05) is 5.54 Å². The van der Waals surface area contributed by atoms with E-state index in [1.54, 1.807) is 0 Å². The molecule has 1 heteroatoms. The van der Waals surface area contributed by atoms with Gasteiger partial charge in [0.2, 0.25) is 0 Å². The molecule has 1 saturated carbocycles. The van der Waals surface area contributed by atoms with Gasteiger partial charge >= 0.3 is 0 Å². The fourth-order valence-electron chi connectivity index (χ4n) is 2.38. The predicted molar refractivity (Wildman–Crippen MR) is 54.0 cm³/mol. The van der Waals surface area contributed by atoms with Crippen molar-refractivity contribution in [3.05, 3.63) is 12.2 Å². The van der Waals surface area contributed by atoms with Gasteiger partial charge in [-0.1, -0.05) is 18.9 Å². The lowest BCUT2D eigenvalue weighted by molar-refractivity contribution is 0.406. The fourth-order valence-corrected chi connectivity index (χ4v) is 2.38. The Kier molecular flexibility index (Phi) is 2.94. The van der Waals surface area contributed by atoms with Gasteiger partial charge in [0.25, 0.3) is 0 Å². The SMILES string of the molecule is C=C(C)CC1(N)CCC(CC)C1. The molecular formula is C11H21N. The smallest absolute Gasteiger partial charge is 0.0194 e. The number of hydrogen-bond donors (Lipinski definition) is 1. The van der Waals surface area contributed by atoms with Gasteiger partial charge < -0.3 is 5.73 Å². The molecule has 2 N–H and O–H groups in total. The van der Waals surface area contributed by atoms with Crippen molar-refractivity contribution in [2.45, 2.75) is 51.5 Å². The van der Waals surface area contributed by atoms with E-state index in [0.29, 0.717) is 0 Å². The molecule has 2 atom stereocenters. The zero-order chi connectivity index (χ0) is 9.19. The van der Waals surface area contributed by atoms with Crippen LogP contribution in [-0.4, -0.2) is 5.54 Å². The van der Waals surface area contributed by atoms with Gasteiger partial charge in [-0.2, -0.15) is 0 Å². The summed E-state index contributed by atoms with van der Waals surface area (Å²) in [5.74, 6) is 0.870. The van der Waals surface area contributed by atoms with Crippen molar-refractivity contribution in [2.24, 2.45) is 11.7 Å². The van der Waals surface area contributed by atoms with E-state index in [4.69, 9.17) is 5.73 Å². The summed E-state index contributed by atoms with van der Waals surface area (Å²) in [5.41, 5.74) is 7.59. The second-order valence-corrected chi connectivity index (χ2v) is 4.51. The first kappa shape index (κ1) is 9.79. The van der Waals surface area contributed by atoms with Crippen molar-refractivity contribution in [3.8, 4) is 0 Å². The second-order valence-electron chi connectivity index (χ2n) is 4.51. The summed E-state index contributed by atoms with van der Waals surface area (Å²) < 4.78 is 0. The number of hydrogen-bond acceptors (Lipinski definition) is 1. The van der Waals surface area contributed by atoms with Crippen LogP contribution in [0.15, 0.2) is 12.2 Å². The summed E-state index contributed by atoms with van der Waals surface area (Å²) in [6.07, 6.45) is 6.02. The summed E-state index contributed by atoms with van der Waals surface area (Å²) in [6, 6.07) is 0. The summed E-state index contributed by atoms with van der Waals surface area (Å²) >= 11 is 0. The van der Waals surface area contributed by atoms with E-state index in [-0.39, 0.29) is 5.54 Å². The molecule has 0 radical (unpaired) electrons. The van der Waals surface area contributed by atoms with E-state index in [0.717, 1.165) is 12.3 Å². The molecule has 2 unspecified atom stereocenters. The fraction of sp³-hybridized carbons (Fsp3) is 0.818. The van der Waals surface area contributed by atoms with E-state index in [1.165, 1.54) is 31.3 Å². The molecule has 1 nitrogen and oxygen atoms in total. The lowest BCUT2D eigenvalue weighted by Gasteiger charge is -2.24. The highest BCUT2D eigenvalue weighted by atomic mass is 14.8. The topological polar surface area (TPSA) is 26.0 Å². The maximum atomic E-state index is 6.27. The first-order valence-electron chi connectivity index (χ1n) is 4.99. The highest BCUT2D eigenvalue weighted by molar-refractivity contribution is 5.03. The van der Waals surface area contributed by atoms with Gasteiger partial charge in [0.05, 0.1) is 0 Å². The van der Waals surface area contributed by atoms with Crippen LogP contribution in [0.5, 0.6) is 0 Å². The Balaban J connectivity index is 2.46. The quantitative estimate of drug-likeness (QED) is 0.643. The zero-order valence-corrected chi connectivity index (χ0v) is 8.40. The van der Waals surface area contributed by atoms with Crippen LogP contribution in [0, 0.1) is 5.92 Å². The molecule has 1 aliphatic rings. The molecule has 0 saturated heterocycles. The summed E-state index contributed by atoms with van der Waals surface area (Å²) in [4.78, 5) is 0. The Labute approximate surface area is 76.0 Å². The standard InChI is InChI=1S/C11H21N/c1-4-10-5-6-11(12,8-10)7-9(2)3/h10H,2,4-8,12H2,1,3H3. The molecule has 0 amide bonds. The van der Waals surface area contributed by atoms with Gasteiger partial charge in [-0.05, 0) is 38.5 Å². The van der Waals surface area contributed by atoms with Crippen molar-refractivity contribution in [2.75, 3.05) is 0 Å². The van der Waals surface area contributed by atoms with Crippen LogP contribution in [0.2, 0.25) is 0 Å². The number of rotatable bonds is 3. The largest absolute Gasteiger partial charge is 0.325 e. The summed E-state index contributed by atoms with van der Waals surface area (Å²) in [7, 11) is 0. The number of nitrogens with two attached hydrogens (primary N) is 1. The van der Waals surface area contributed by atoms with Crippen molar-refractivity contribution in [3.63, 3.8) is 0 Å². The van der Waals surface area contributed by atoms with Crippen LogP contribution in [0.1, 0.15) is 46.0 Å². The molecule has 0 heterocycles. The third-order valence-electron chi connectivity index (χ3n) is 2.98. The Morgan fingerprint density at radius 3 is 2.75 bits per heavy atom. The molecule has 0 spiro atoms. The molecule has 0 aliphatic heterocycles. The first-order valence-corrected chi connectivity index (χ1v) is 4.99. The van der Waals surface area contributed by atoms with E-state index >= 15 is 0 Å². The maximum absolute atomic E-state index is 6.27. The lowest BCUT2D eigenvalue weighted by Crippen LogP contribution is -2.36. The van der Waals surface area contributed by atoms with E-state index in [2.05, 4.69) is 20.4 Å². The Morgan fingerprint density at radius 1 is 1.67 bits per heavy atom. The average Bonchev–Trinajstić information content (AvgIpc) is 2.30. The third-order valence-corrected chi connectivity index (χ3v) is 2.98. The Bertz CT molecular complexity index is 174. The summed E-state index contributed by atoms with van der Waals surface area (Å²) in [5, 5.41) is 0. The monoisotopic (exact) mass is 167 g/mol. The van der Waals surface area contributed by atoms with Crippen molar-refractivity contribution < 1.29 is 0 Å². The molecule has 12 heavy (non-hydrogen) atoms. The van der Waals surface area contributed by atoms with Crippen LogP contribution in [-0.2, 0) is 0 Å². The van der Waals surface area contributed by atoms with Gasteiger partial charge in [-0.3, -0.25) is 0 Å². The molecule has 0 bridgehead atoms. The second kappa shape index (κ2) is 3.61. The van der Waals surface area contributed by atoms with Gasteiger partial charge in [-0.25, -0.2) is 0 Å². The molecule has 0 aromatic carbocycles. The van der Waals surface area contributed by atoms with Crippen molar-refractivity contribution in [1.29, 1.82) is 0 Å². The van der Waals surface area contributed by atoms with Crippen molar-refractivity contribution in [1.82, 2.24) is 0 Å². The Hall–Kier alpha value is -0.300. The molecule has 70 valence electrons. The van der Waals surface area contributed by atoms with Crippen LogP contribution in [0.4, 0.5) is 0 Å². The highest BCUT2D eigenvalue weighted by Crippen LogP contribution is 2.37. The van der Waals surface area contributed by atoms with Crippen LogP contribution < -0.4 is 5.73 Å². The van der Waals surface area contributed by atoms with Gasteiger partial charge in [-0.15, -0.1) is 6.58 Å². The van der Waals surface area contributed by atoms with Crippen LogP contribution >= 0.6 is 0 Å². The average molecular weight is 167 g/mol. The molecule has 0 aromatic heterocycles. The van der Waals surface area contributed by atoms with Crippen molar-refractivity contribution >= 4 is 0 Å². The minimum absolute atomic E-state index is 0.0898. The molecular weight excluding hydrogens is 146 g/mol. The molecule has 1 fully saturated rings. The predicted octanol–water partition coefficient (Wildman–Crippen LogP) is 2.86. The maximum Gasteiger partial charge on any atom is 0.0194 e. The minimum Gasteiger partial charge on any atom is -0.325 e. The van der Waals surface area contributed by atoms with E-state index in [1.807, 2.05) is 0 Å². The van der Waals surface area contributed by atoms with E-state index in [9.17, 15) is 0 Å². The normalized spacial score (nSPS) is 35.4. The zero-order valence-electron chi connectivity index (χ0n) is 8.40. The Morgan fingerprint density at radius 2 is 2.33 bits per heavy atom. The van der Waals surface area contributed by atoms with Crippen LogP contribution in [0.25, 0.3) is 0 Å². The third kappa shape index (κ3) is 2.34. The molecule has 1 rings (SSSR count). The molecule has 1 aliphatic carbocycles. The summed E-state index contributed by atoms with van der Waals surface area (Å²) in [6.45, 7) is 8.27. The minimum atomic E-state index is 0.0898. The van der Waals surface area contributed by atoms with Gasteiger partial charge in [0.15, 0.2) is 0 Å².